The van der Waals surface area contributed by atoms with Gasteiger partial charge in [0.05, 0.1) is 18.4 Å². The molecule has 0 bridgehead atoms. The van der Waals surface area contributed by atoms with Crippen LogP contribution in [0.5, 0.6) is 0 Å². The molecule has 0 spiro atoms. The smallest absolute Gasteiger partial charge is 0.322 e. The van der Waals surface area contributed by atoms with Crippen molar-refractivity contribution in [2.75, 3.05) is 60.9 Å². The molecule has 2 saturated heterocycles. The minimum absolute atomic E-state index is 0.000218. The minimum atomic E-state index is -0.110. The highest BCUT2D eigenvalue weighted by molar-refractivity contribution is 5.89. The zero-order chi connectivity index (χ0) is 20.2. The number of urea groups is 1. The first-order valence-electron chi connectivity index (χ1n) is 9.94. The van der Waals surface area contributed by atoms with E-state index in [1.165, 1.54) is 11.3 Å². The van der Waals surface area contributed by atoms with Crippen LogP contribution in [0.25, 0.3) is 0 Å². The Balaban J connectivity index is 1.30. The van der Waals surface area contributed by atoms with Crippen LogP contribution in [-0.4, -0.2) is 67.6 Å². The molecule has 8 nitrogen and oxygen atoms in total. The van der Waals surface area contributed by atoms with Crippen LogP contribution in [0.4, 0.5) is 22.0 Å². The molecular formula is C21H26N6O2. The van der Waals surface area contributed by atoms with Crippen molar-refractivity contribution in [3.63, 3.8) is 0 Å². The average Bonchev–Trinajstić information content (AvgIpc) is 2.74. The molecule has 2 aliphatic heterocycles. The van der Waals surface area contributed by atoms with Gasteiger partial charge in [0, 0.05) is 45.0 Å². The highest BCUT2D eigenvalue weighted by Crippen LogP contribution is 2.19. The molecule has 29 heavy (non-hydrogen) atoms. The number of hydrogen-bond donors (Lipinski definition) is 2. The van der Waals surface area contributed by atoms with E-state index >= 15 is 0 Å². The van der Waals surface area contributed by atoms with E-state index in [2.05, 4.69) is 51.7 Å². The summed E-state index contributed by atoms with van der Waals surface area (Å²) in [6, 6.07) is 12.0. The third-order valence-corrected chi connectivity index (χ3v) is 5.30. The van der Waals surface area contributed by atoms with Crippen molar-refractivity contribution < 1.29 is 9.59 Å². The summed E-state index contributed by atoms with van der Waals surface area (Å²) in [6.07, 6.45) is 1.64. The molecule has 1 aromatic carbocycles. The largest absolute Gasteiger partial charge is 0.368 e. The van der Waals surface area contributed by atoms with Gasteiger partial charge in [0.25, 0.3) is 0 Å². The number of carbonyl (C=O) groups excluding carboxylic acids is 2. The third-order valence-electron chi connectivity index (χ3n) is 5.30. The number of amides is 3. The van der Waals surface area contributed by atoms with Gasteiger partial charge in [-0.1, -0.05) is 12.1 Å². The standard InChI is InChI=1S/C21H26N6O2/c1-16-3-2-4-18(13-16)25-9-11-26(12-10-25)21(29)24-17-5-6-19(23-14-17)27-8-7-22-20(28)15-27/h2-6,13-14H,7-12,15H2,1H3,(H,22,28)(H,24,29). The van der Waals surface area contributed by atoms with E-state index in [4.69, 9.17) is 0 Å². The number of aryl methyl sites for hydroxylation is 1. The van der Waals surface area contributed by atoms with Crippen molar-refractivity contribution in [1.29, 1.82) is 0 Å². The summed E-state index contributed by atoms with van der Waals surface area (Å²) in [5, 5.41) is 5.72. The van der Waals surface area contributed by atoms with Crippen LogP contribution in [0.15, 0.2) is 42.6 Å². The Kier molecular flexibility index (Phi) is 5.50. The van der Waals surface area contributed by atoms with Gasteiger partial charge in [-0.05, 0) is 36.8 Å². The number of nitrogens with zero attached hydrogens (tertiary/aromatic N) is 4. The quantitative estimate of drug-likeness (QED) is 0.828. The highest BCUT2D eigenvalue weighted by Gasteiger charge is 2.22. The Morgan fingerprint density at radius 3 is 2.59 bits per heavy atom. The number of piperazine rings is 2. The van der Waals surface area contributed by atoms with Crippen molar-refractivity contribution in [3.05, 3.63) is 48.2 Å². The first-order valence-corrected chi connectivity index (χ1v) is 9.94. The molecule has 0 atom stereocenters. The number of nitrogens with one attached hydrogen (secondary N) is 2. The van der Waals surface area contributed by atoms with E-state index in [-0.39, 0.29) is 11.9 Å². The molecule has 0 aliphatic carbocycles. The summed E-state index contributed by atoms with van der Waals surface area (Å²) in [6.45, 7) is 6.72. The van der Waals surface area contributed by atoms with E-state index in [9.17, 15) is 9.59 Å². The van der Waals surface area contributed by atoms with E-state index < -0.39 is 0 Å². The molecule has 8 heteroatoms. The third kappa shape index (κ3) is 4.59. The minimum Gasteiger partial charge on any atom is -0.368 e. The van der Waals surface area contributed by atoms with E-state index in [1.54, 1.807) is 6.20 Å². The summed E-state index contributed by atoms with van der Waals surface area (Å²) < 4.78 is 0. The fourth-order valence-corrected chi connectivity index (χ4v) is 3.68. The number of aromatic nitrogens is 1. The summed E-state index contributed by atoms with van der Waals surface area (Å²) in [4.78, 5) is 34.6. The molecule has 2 aliphatic rings. The molecular weight excluding hydrogens is 368 g/mol. The second-order valence-corrected chi connectivity index (χ2v) is 7.42. The van der Waals surface area contributed by atoms with Crippen LogP contribution in [0.1, 0.15) is 5.56 Å². The predicted molar refractivity (Wildman–Crippen MR) is 113 cm³/mol. The predicted octanol–water partition coefficient (Wildman–Crippen LogP) is 1.68. The van der Waals surface area contributed by atoms with Crippen molar-refractivity contribution in [2.45, 2.75) is 6.92 Å². The molecule has 2 N–H and O–H groups in total. The maximum absolute atomic E-state index is 12.6. The number of hydrogen-bond acceptors (Lipinski definition) is 5. The summed E-state index contributed by atoms with van der Waals surface area (Å²) in [5.74, 6) is 0.741. The summed E-state index contributed by atoms with van der Waals surface area (Å²) >= 11 is 0. The monoisotopic (exact) mass is 394 g/mol. The van der Waals surface area contributed by atoms with Crippen molar-refractivity contribution in [1.82, 2.24) is 15.2 Å². The van der Waals surface area contributed by atoms with Gasteiger partial charge < -0.3 is 25.3 Å². The zero-order valence-corrected chi connectivity index (χ0v) is 16.6. The second-order valence-electron chi connectivity index (χ2n) is 7.42. The zero-order valence-electron chi connectivity index (χ0n) is 16.6. The van der Waals surface area contributed by atoms with Crippen LogP contribution in [0, 0.1) is 6.92 Å². The van der Waals surface area contributed by atoms with E-state index in [1.807, 2.05) is 21.9 Å². The Hall–Kier alpha value is -3.29. The topological polar surface area (TPSA) is 80.8 Å². The van der Waals surface area contributed by atoms with Crippen LogP contribution in [-0.2, 0) is 4.79 Å². The van der Waals surface area contributed by atoms with Gasteiger partial charge in [0.15, 0.2) is 0 Å². The van der Waals surface area contributed by atoms with Crippen molar-refractivity contribution >= 4 is 29.1 Å². The lowest BCUT2D eigenvalue weighted by molar-refractivity contribution is -0.120. The van der Waals surface area contributed by atoms with Gasteiger partial charge in [-0.15, -0.1) is 0 Å². The average molecular weight is 394 g/mol. The molecule has 152 valence electrons. The van der Waals surface area contributed by atoms with Crippen LogP contribution >= 0.6 is 0 Å². The summed E-state index contributed by atoms with van der Waals surface area (Å²) in [7, 11) is 0. The molecule has 1 aromatic heterocycles. The maximum Gasteiger partial charge on any atom is 0.322 e. The van der Waals surface area contributed by atoms with E-state index in [0.717, 1.165) is 25.5 Å². The molecule has 0 unspecified atom stereocenters. The summed E-state index contributed by atoms with van der Waals surface area (Å²) in [5.41, 5.74) is 3.10. The molecule has 0 saturated carbocycles. The molecule has 4 rings (SSSR count). The number of pyridine rings is 1. The maximum atomic E-state index is 12.6. The van der Waals surface area contributed by atoms with E-state index in [0.29, 0.717) is 31.9 Å². The fourth-order valence-electron chi connectivity index (χ4n) is 3.68. The van der Waals surface area contributed by atoms with Gasteiger partial charge in [-0.3, -0.25) is 4.79 Å². The Morgan fingerprint density at radius 2 is 1.90 bits per heavy atom. The molecule has 3 heterocycles. The first kappa shape index (κ1) is 19.0. The Bertz CT molecular complexity index is 877. The van der Waals surface area contributed by atoms with Crippen LogP contribution in [0.3, 0.4) is 0 Å². The van der Waals surface area contributed by atoms with Gasteiger partial charge in [-0.25, -0.2) is 9.78 Å². The lowest BCUT2D eigenvalue weighted by Crippen LogP contribution is -2.50. The van der Waals surface area contributed by atoms with Crippen LogP contribution in [0.2, 0.25) is 0 Å². The molecule has 2 aromatic rings. The van der Waals surface area contributed by atoms with Gasteiger partial charge in [0.2, 0.25) is 5.91 Å². The Labute approximate surface area is 170 Å². The number of rotatable bonds is 3. The van der Waals surface area contributed by atoms with Crippen molar-refractivity contribution in [3.8, 4) is 0 Å². The number of benzene rings is 1. The lowest BCUT2D eigenvalue weighted by atomic mass is 10.2. The second kappa shape index (κ2) is 8.38. The van der Waals surface area contributed by atoms with Crippen LogP contribution < -0.4 is 20.4 Å². The first-order chi connectivity index (χ1) is 14.1. The molecule has 2 fully saturated rings. The van der Waals surface area contributed by atoms with Gasteiger partial charge in [0.1, 0.15) is 5.82 Å². The normalized spacial score (nSPS) is 17.1. The number of carbonyl (C=O) groups is 2. The highest BCUT2D eigenvalue weighted by atomic mass is 16.2. The number of anilines is 3. The SMILES string of the molecule is Cc1cccc(N2CCN(C(=O)Nc3ccc(N4CCNC(=O)C4)nc3)CC2)c1. The Morgan fingerprint density at radius 1 is 1.07 bits per heavy atom. The fraction of sp³-hybridized carbons (Fsp3) is 0.381. The molecule has 0 radical (unpaired) electrons. The van der Waals surface area contributed by atoms with Gasteiger partial charge in [-0.2, -0.15) is 0 Å². The van der Waals surface area contributed by atoms with Crippen molar-refractivity contribution in [2.24, 2.45) is 0 Å². The molecule has 3 amide bonds. The van der Waals surface area contributed by atoms with Gasteiger partial charge >= 0.3 is 6.03 Å². The lowest BCUT2D eigenvalue weighted by Gasteiger charge is -2.36.